The molecule has 0 aliphatic rings. The monoisotopic (exact) mass is 327 g/mol. The van der Waals surface area contributed by atoms with Crippen molar-refractivity contribution in [2.24, 2.45) is 0 Å². The van der Waals surface area contributed by atoms with Crippen molar-refractivity contribution in [3.63, 3.8) is 0 Å². The van der Waals surface area contributed by atoms with Gasteiger partial charge in [0, 0.05) is 23.2 Å². The fourth-order valence-electron chi connectivity index (χ4n) is 1.68. The third-order valence-electron chi connectivity index (χ3n) is 2.58. The maximum Gasteiger partial charge on any atom is 0.126 e. The maximum atomic E-state index is 13.1. The molecule has 2 aromatic rings. The van der Waals surface area contributed by atoms with Crippen LogP contribution in [0.15, 0.2) is 40.9 Å². The largest absolute Gasteiger partial charge is 0.497 e. The lowest BCUT2D eigenvalue weighted by Gasteiger charge is -2.10. The Bertz CT molecular complexity index is 569. The first-order chi connectivity index (χ1) is 9.08. The minimum absolute atomic E-state index is 0.320. The summed E-state index contributed by atoms with van der Waals surface area (Å²) in [5, 5.41) is 3.10. The van der Waals surface area contributed by atoms with Gasteiger partial charge in [-0.25, -0.2) is 8.78 Å². The molecule has 0 bridgehead atoms. The third kappa shape index (κ3) is 3.67. The van der Waals surface area contributed by atoms with E-state index in [1.165, 1.54) is 12.1 Å². The molecule has 0 heterocycles. The Labute approximate surface area is 118 Å². The van der Waals surface area contributed by atoms with E-state index in [2.05, 4.69) is 21.2 Å². The molecular formula is C14H12BrF2NO. The third-order valence-corrected chi connectivity index (χ3v) is 3.27. The summed E-state index contributed by atoms with van der Waals surface area (Å²) in [4.78, 5) is 0. The second kappa shape index (κ2) is 6.02. The molecule has 0 fully saturated rings. The number of halogens is 3. The van der Waals surface area contributed by atoms with E-state index in [4.69, 9.17) is 4.74 Å². The minimum atomic E-state index is -0.582. The smallest absolute Gasteiger partial charge is 0.126 e. The highest BCUT2D eigenvalue weighted by Gasteiger charge is 2.04. The van der Waals surface area contributed by atoms with Crippen LogP contribution in [0, 0.1) is 11.6 Å². The molecule has 0 spiro atoms. The van der Waals surface area contributed by atoms with Crippen molar-refractivity contribution in [3.8, 4) is 5.75 Å². The topological polar surface area (TPSA) is 21.3 Å². The summed E-state index contributed by atoms with van der Waals surface area (Å²) in [7, 11) is 1.58. The zero-order valence-corrected chi connectivity index (χ0v) is 11.8. The molecule has 2 rings (SSSR count). The second-order valence-electron chi connectivity index (χ2n) is 3.98. The van der Waals surface area contributed by atoms with E-state index in [1.807, 2.05) is 12.1 Å². The standard InChI is InChI=1S/C14H12BrF2NO/c1-19-12-2-3-13(15)14(7-12)18-8-9-4-10(16)6-11(17)5-9/h2-7,18H,8H2,1H3. The predicted molar refractivity (Wildman–Crippen MR) is 74.4 cm³/mol. The van der Waals surface area contributed by atoms with Gasteiger partial charge in [0.05, 0.1) is 12.8 Å². The number of hydrogen-bond donors (Lipinski definition) is 1. The zero-order valence-electron chi connectivity index (χ0n) is 10.2. The molecule has 0 amide bonds. The Balaban J connectivity index is 2.13. The number of nitrogens with one attached hydrogen (secondary N) is 1. The number of rotatable bonds is 4. The average molecular weight is 328 g/mol. The van der Waals surface area contributed by atoms with Crippen LogP contribution in [0.5, 0.6) is 5.75 Å². The molecular weight excluding hydrogens is 316 g/mol. The molecule has 2 aromatic carbocycles. The van der Waals surface area contributed by atoms with Crippen LogP contribution in [0.3, 0.4) is 0 Å². The van der Waals surface area contributed by atoms with Crippen molar-refractivity contribution in [1.29, 1.82) is 0 Å². The molecule has 19 heavy (non-hydrogen) atoms. The fourth-order valence-corrected chi connectivity index (χ4v) is 2.06. The van der Waals surface area contributed by atoms with Crippen LogP contribution in [0.1, 0.15) is 5.56 Å². The van der Waals surface area contributed by atoms with Gasteiger partial charge >= 0.3 is 0 Å². The van der Waals surface area contributed by atoms with E-state index in [0.717, 1.165) is 16.2 Å². The highest BCUT2D eigenvalue weighted by molar-refractivity contribution is 9.10. The predicted octanol–water partition coefficient (Wildman–Crippen LogP) is 4.35. The number of benzene rings is 2. The molecule has 0 aliphatic heterocycles. The highest BCUT2D eigenvalue weighted by atomic mass is 79.9. The molecule has 0 saturated heterocycles. The lowest BCUT2D eigenvalue weighted by molar-refractivity contribution is 0.415. The SMILES string of the molecule is COc1ccc(Br)c(NCc2cc(F)cc(F)c2)c1. The van der Waals surface area contributed by atoms with Gasteiger partial charge in [-0.05, 0) is 45.8 Å². The normalized spacial score (nSPS) is 10.3. The van der Waals surface area contributed by atoms with E-state index in [1.54, 1.807) is 13.2 Å². The van der Waals surface area contributed by atoms with Gasteiger partial charge in [-0.1, -0.05) is 0 Å². The van der Waals surface area contributed by atoms with Crippen LogP contribution in [0.2, 0.25) is 0 Å². The lowest BCUT2D eigenvalue weighted by atomic mass is 10.2. The number of ether oxygens (including phenoxy) is 1. The van der Waals surface area contributed by atoms with Crippen molar-refractivity contribution in [1.82, 2.24) is 0 Å². The van der Waals surface area contributed by atoms with Crippen LogP contribution in [0.25, 0.3) is 0 Å². The number of hydrogen-bond acceptors (Lipinski definition) is 2. The molecule has 0 radical (unpaired) electrons. The van der Waals surface area contributed by atoms with E-state index in [0.29, 0.717) is 17.9 Å². The van der Waals surface area contributed by atoms with Gasteiger partial charge in [-0.3, -0.25) is 0 Å². The van der Waals surface area contributed by atoms with E-state index >= 15 is 0 Å². The van der Waals surface area contributed by atoms with Gasteiger partial charge in [0.2, 0.25) is 0 Å². The second-order valence-corrected chi connectivity index (χ2v) is 4.83. The van der Waals surface area contributed by atoms with Gasteiger partial charge in [-0.2, -0.15) is 0 Å². The first kappa shape index (κ1) is 13.8. The molecule has 2 nitrogen and oxygen atoms in total. The first-order valence-electron chi connectivity index (χ1n) is 5.61. The summed E-state index contributed by atoms with van der Waals surface area (Å²) in [6.45, 7) is 0.320. The maximum absolute atomic E-state index is 13.1. The fraction of sp³-hybridized carbons (Fsp3) is 0.143. The summed E-state index contributed by atoms with van der Waals surface area (Å²) in [6, 6.07) is 8.91. The first-order valence-corrected chi connectivity index (χ1v) is 6.40. The minimum Gasteiger partial charge on any atom is -0.497 e. The molecule has 0 atom stereocenters. The summed E-state index contributed by atoms with van der Waals surface area (Å²) in [5.74, 6) is -0.459. The van der Waals surface area contributed by atoms with Crippen molar-refractivity contribution in [2.75, 3.05) is 12.4 Å². The molecule has 0 aromatic heterocycles. The molecule has 1 N–H and O–H groups in total. The van der Waals surface area contributed by atoms with Crippen molar-refractivity contribution in [3.05, 3.63) is 58.1 Å². The van der Waals surface area contributed by atoms with Crippen LogP contribution in [-0.2, 0) is 6.54 Å². The van der Waals surface area contributed by atoms with Gasteiger partial charge in [-0.15, -0.1) is 0 Å². The van der Waals surface area contributed by atoms with Crippen molar-refractivity contribution < 1.29 is 13.5 Å². The van der Waals surface area contributed by atoms with Gasteiger partial charge in [0.1, 0.15) is 17.4 Å². The van der Waals surface area contributed by atoms with Gasteiger partial charge in [0.25, 0.3) is 0 Å². The van der Waals surface area contributed by atoms with Crippen LogP contribution < -0.4 is 10.1 Å². The zero-order chi connectivity index (χ0) is 13.8. The molecule has 5 heteroatoms. The van der Waals surface area contributed by atoms with E-state index < -0.39 is 11.6 Å². The number of methoxy groups -OCH3 is 1. The van der Waals surface area contributed by atoms with Gasteiger partial charge < -0.3 is 10.1 Å². The Kier molecular flexibility index (Phi) is 4.37. The van der Waals surface area contributed by atoms with Crippen LogP contribution in [0.4, 0.5) is 14.5 Å². The van der Waals surface area contributed by atoms with Crippen molar-refractivity contribution >= 4 is 21.6 Å². The van der Waals surface area contributed by atoms with E-state index in [-0.39, 0.29) is 0 Å². The van der Waals surface area contributed by atoms with Gasteiger partial charge in [0.15, 0.2) is 0 Å². The Morgan fingerprint density at radius 1 is 1.11 bits per heavy atom. The molecule has 0 saturated carbocycles. The summed E-state index contributed by atoms with van der Waals surface area (Å²) < 4.78 is 32.1. The van der Waals surface area contributed by atoms with E-state index in [9.17, 15) is 8.78 Å². The van der Waals surface area contributed by atoms with Crippen LogP contribution >= 0.6 is 15.9 Å². The van der Waals surface area contributed by atoms with Crippen LogP contribution in [-0.4, -0.2) is 7.11 Å². The average Bonchev–Trinajstić information content (AvgIpc) is 2.37. The Morgan fingerprint density at radius 3 is 2.42 bits per heavy atom. The quantitative estimate of drug-likeness (QED) is 0.901. The Hall–Kier alpha value is -1.62. The van der Waals surface area contributed by atoms with Crippen molar-refractivity contribution in [2.45, 2.75) is 6.54 Å². The number of anilines is 1. The lowest BCUT2D eigenvalue weighted by Crippen LogP contribution is -2.01. The Morgan fingerprint density at radius 2 is 1.79 bits per heavy atom. The molecule has 100 valence electrons. The summed E-state index contributed by atoms with van der Waals surface area (Å²) in [6.07, 6.45) is 0. The summed E-state index contributed by atoms with van der Waals surface area (Å²) >= 11 is 3.40. The highest BCUT2D eigenvalue weighted by Crippen LogP contribution is 2.27. The molecule has 0 aliphatic carbocycles. The summed E-state index contributed by atoms with van der Waals surface area (Å²) in [5.41, 5.74) is 1.33. The molecule has 0 unspecified atom stereocenters.